The van der Waals surface area contributed by atoms with Crippen LogP contribution < -0.4 is 5.73 Å². The number of nitrogens with two attached hydrogens (primary N) is 1. The number of cyclic esters (lactones) is 1. The molecule has 1 aliphatic rings. The summed E-state index contributed by atoms with van der Waals surface area (Å²) in [6.07, 6.45) is -4.14. The van der Waals surface area contributed by atoms with Crippen LogP contribution in [0, 0.1) is 5.92 Å². The van der Waals surface area contributed by atoms with E-state index in [1.807, 2.05) is 6.92 Å². The summed E-state index contributed by atoms with van der Waals surface area (Å²) in [5, 5.41) is 0. The predicted molar refractivity (Wildman–Crippen MR) is 93.0 cm³/mol. The first-order chi connectivity index (χ1) is 12.7. The van der Waals surface area contributed by atoms with Crippen LogP contribution in [0.15, 0.2) is 24.3 Å². The molecule has 1 saturated heterocycles. The monoisotopic (exact) mass is 389 g/mol. The molecular weight excluding hydrogens is 363 g/mol. The van der Waals surface area contributed by atoms with Crippen LogP contribution in [0.2, 0.25) is 0 Å². The van der Waals surface area contributed by atoms with Crippen molar-refractivity contribution in [2.45, 2.75) is 51.1 Å². The minimum Gasteiger partial charge on any atom is -0.459 e. The van der Waals surface area contributed by atoms with E-state index in [4.69, 9.17) is 19.9 Å². The molecule has 152 valence electrons. The van der Waals surface area contributed by atoms with Crippen molar-refractivity contribution in [2.24, 2.45) is 11.7 Å². The molecule has 8 heteroatoms. The zero-order chi connectivity index (χ0) is 20.0. The van der Waals surface area contributed by atoms with Crippen molar-refractivity contribution in [3.05, 3.63) is 35.4 Å². The summed E-state index contributed by atoms with van der Waals surface area (Å²) >= 11 is 0. The molecule has 1 aromatic carbocycles. The lowest BCUT2D eigenvalue weighted by Gasteiger charge is -2.30. The lowest BCUT2D eigenvalue weighted by atomic mass is 9.91. The molecule has 1 fully saturated rings. The summed E-state index contributed by atoms with van der Waals surface area (Å²) in [5.74, 6) is -0.746. The van der Waals surface area contributed by atoms with Crippen molar-refractivity contribution in [3.63, 3.8) is 0 Å². The average Bonchev–Trinajstić information content (AvgIpc) is 2.64. The highest BCUT2D eigenvalue weighted by atomic mass is 19.4. The number of alkyl halides is 3. The molecule has 0 radical (unpaired) electrons. The van der Waals surface area contributed by atoms with Crippen LogP contribution >= 0.6 is 0 Å². The van der Waals surface area contributed by atoms with Crippen molar-refractivity contribution in [2.75, 3.05) is 19.8 Å². The van der Waals surface area contributed by atoms with Gasteiger partial charge in [-0.25, -0.2) is 0 Å². The summed E-state index contributed by atoms with van der Waals surface area (Å²) in [4.78, 5) is 12.0. The van der Waals surface area contributed by atoms with Gasteiger partial charge in [-0.1, -0.05) is 19.1 Å². The number of halogens is 3. The molecule has 0 saturated carbocycles. The molecule has 1 heterocycles. The fourth-order valence-corrected chi connectivity index (χ4v) is 3.06. The molecular formula is C19H26F3NO4. The second-order valence-corrected chi connectivity index (χ2v) is 6.78. The predicted octanol–water partition coefficient (Wildman–Crippen LogP) is 2.95. The maximum atomic E-state index is 12.7. The van der Waals surface area contributed by atoms with E-state index >= 15 is 0 Å². The van der Waals surface area contributed by atoms with Gasteiger partial charge in [-0.15, -0.1) is 0 Å². The Hall–Kier alpha value is -1.64. The highest BCUT2D eigenvalue weighted by Crippen LogP contribution is 2.30. The lowest BCUT2D eigenvalue weighted by Crippen LogP contribution is -2.42. The summed E-state index contributed by atoms with van der Waals surface area (Å²) in [6, 6.07) is 4.16. The van der Waals surface area contributed by atoms with Crippen molar-refractivity contribution in [1.82, 2.24) is 0 Å². The minimum absolute atomic E-state index is 0.0234. The van der Waals surface area contributed by atoms with Crippen LogP contribution in [0.25, 0.3) is 0 Å². The summed E-state index contributed by atoms with van der Waals surface area (Å²) in [7, 11) is 0. The Balaban J connectivity index is 2.19. The van der Waals surface area contributed by atoms with Gasteiger partial charge in [-0.05, 0) is 37.5 Å². The van der Waals surface area contributed by atoms with Gasteiger partial charge in [0.2, 0.25) is 0 Å². The molecule has 0 amide bonds. The van der Waals surface area contributed by atoms with E-state index in [0.29, 0.717) is 13.0 Å². The molecule has 0 bridgehead atoms. The number of benzene rings is 1. The summed E-state index contributed by atoms with van der Waals surface area (Å²) in [6.45, 7) is 4.46. The van der Waals surface area contributed by atoms with Gasteiger partial charge in [0.25, 0.3) is 0 Å². The fraction of sp³-hybridized carbons (Fsp3) is 0.632. The van der Waals surface area contributed by atoms with E-state index in [2.05, 4.69) is 0 Å². The topological polar surface area (TPSA) is 70.8 Å². The maximum absolute atomic E-state index is 12.7. The minimum atomic E-state index is -4.37. The van der Waals surface area contributed by atoms with E-state index in [-0.39, 0.29) is 19.1 Å². The van der Waals surface area contributed by atoms with Gasteiger partial charge in [-0.2, -0.15) is 13.2 Å². The van der Waals surface area contributed by atoms with Gasteiger partial charge in [0, 0.05) is 12.5 Å². The Morgan fingerprint density at radius 1 is 1.22 bits per heavy atom. The second kappa shape index (κ2) is 9.52. The van der Waals surface area contributed by atoms with Gasteiger partial charge < -0.3 is 19.9 Å². The Morgan fingerprint density at radius 3 is 2.48 bits per heavy atom. The van der Waals surface area contributed by atoms with Crippen LogP contribution in [0.3, 0.4) is 0 Å². The van der Waals surface area contributed by atoms with E-state index < -0.39 is 36.0 Å². The number of esters is 1. The number of carbonyl (C=O) groups is 1. The Kier molecular flexibility index (Phi) is 7.64. The van der Waals surface area contributed by atoms with Crippen molar-refractivity contribution < 1.29 is 32.2 Å². The second-order valence-electron chi connectivity index (χ2n) is 6.78. The molecule has 2 rings (SSSR count). The van der Waals surface area contributed by atoms with Gasteiger partial charge >= 0.3 is 12.1 Å². The van der Waals surface area contributed by atoms with Gasteiger partial charge in [0.15, 0.2) is 0 Å². The normalized spacial score (nSPS) is 27.4. The number of carbonyl (C=O) groups excluding carboxylic acids is 1. The van der Waals surface area contributed by atoms with Crippen LogP contribution in [0.5, 0.6) is 0 Å². The average molecular weight is 389 g/mol. The number of ether oxygens (including phenoxy) is 3. The van der Waals surface area contributed by atoms with Crippen LogP contribution in [0.4, 0.5) is 13.2 Å². The molecule has 4 unspecified atom stereocenters. The van der Waals surface area contributed by atoms with E-state index in [0.717, 1.165) is 24.1 Å². The fourth-order valence-electron chi connectivity index (χ4n) is 3.06. The summed E-state index contributed by atoms with van der Waals surface area (Å²) < 4.78 is 55.1. The Labute approximate surface area is 157 Å². The van der Waals surface area contributed by atoms with Crippen LogP contribution in [-0.2, 0) is 31.6 Å². The molecule has 0 spiro atoms. The first-order valence-electron chi connectivity index (χ1n) is 9.04. The SMILES string of the molecule is CCCOC1C(Cc2ccc(C(F)(F)F)cc2)COCC(N)C(=O)OC1C. The third kappa shape index (κ3) is 6.19. The third-order valence-corrected chi connectivity index (χ3v) is 4.45. The first kappa shape index (κ1) is 21.7. The zero-order valence-corrected chi connectivity index (χ0v) is 15.5. The van der Waals surface area contributed by atoms with Crippen molar-refractivity contribution >= 4 is 5.97 Å². The summed E-state index contributed by atoms with van der Waals surface area (Å²) in [5.41, 5.74) is 5.77. The largest absolute Gasteiger partial charge is 0.459 e. The quantitative estimate of drug-likeness (QED) is 0.784. The Bertz CT molecular complexity index is 606. The maximum Gasteiger partial charge on any atom is 0.416 e. The highest BCUT2D eigenvalue weighted by molar-refractivity contribution is 5.75. The lowest BCUT2D eigenvalue weighted by molar-refractivity contribution is -0.159. The Morgan fingerprint density at radius 2 is 1.89 bits per heavy atom. The van der Waals surface area contributed by atoms with E-state index in [9.17, 15) is 18.0 Å². The molecule has 0 aromatic heterocycles. The molecule has 0 aliphatic carbocycles. The highest BCUT2D eigenvalue weighted by Gasteiger charge is 2.34. The van der Waals surface area contributed by atoms with Crippen LogP contribution in [-0.4, -0.2) is 44.0 Å². The van der Waals surface area contributed by atoms with E-state index in [1.54, 1.807) is 6.92 Å². The first-order valence-corrected chi connectivity index (χ1v) is 9.04. The molecule has 27 heavy (non-hydrogen) atoms. The smallest absolute Gasteiger partial charge is 0.416 e. The van der Waals surface area contributed by atoms with Crippen LogP contribution in [0.1, 0.15) is 31.4 Å². The van der Waals surface area contributed by atoms with Gasteiger partial charge in [-0.3, -0.25) is 4.79 Å². The van der Waals surface area contributed by atoms with Gasteiger partial charge in [0.1, 0.15) is 12.1 Å². The number of rotatable bonds is 5. The molecule has 5 nitrogen and oxygen atoms in total. The number of hydrogen-bond donors (Lipinski definition) is 1. The molecule has 1 aliphatic heterocycles. The van der Waals surface area contributed by atoms with Crippen molar-refractivity contribution in [1.29, 1.82) is 0 Å². The van der Waals surface area contributed by atoms with E-state index in [1.165, 1.54) is 12.1 Å². The zero-order valence-electron chi connectivity index (χ0n) is 15.5. The molecule has 2 N–H and O–H groups in total. The van der Waals surface area contributed by atoms with Gasteiger partial charge in [0.05, 0.1) is 24.9 Å². The number of hydrogen-bond acceptors (Lipinski definition) is 5. The molecule has 1 aromatic rings. The third-order valence-electron chi connectivity index (χ3n) is 4.45. The van der Waals surface area contributed by atoms with Crippen molar-refractivity contribution in [3.8, 4) is 0 Å². The standard InChI is InChI=1S/C19H26F3NO4/c1-3-8-26-17-12(2)27-18(24)16(23)11-25-10-14(17)9-13-4-6-15(7-5-13)19(20,21)22/h4-7,12,14,16-17H,3,8-11,23H2,1-2H3. The molecule has 4 atom stereocenters.